The zero-order chi connectivity index (χ0) is 12.3. The molecule has 1 fully saturated rings. The van der Waals surface area contributed by atoms with E-state index in [4.69, 9.17) is 4.74 Å². The molecule has 3 nitrogen and oxygen atoms in total. The molecule has 0 saturated carbocycles. The van der Waals surface area contributed by atoms with E-state index in [1.54, 1.807) is 0 Å². The van der Waals surface area contributed by atoms with Gasteiger partial charge in [-0.2, -0.15) is 0 Å². The minimum atomic E-state index is 0.336. The Morgan fingerprint density at radius 1 is 1.39 bits per heavy atom. The van der Waals surface area contributed by atoms with Crippen molar-refractivity contribution in [2.75, 3.05) is 7.05 Å². The van der Waals surface area contributed by atoms with Gasteiger partial charge in [-0.3, -0.25) is 4.90 Å². The number of hydrogen-bond acceptors (Lipinski definition) is 2. The van der Waals surface area contributed by atoms with Crippen molar-refractivity contribution in [2.24, 2.45) is 0 Å². The van der Waals surface area contributed by atoms with Gasteiger partial charge in [0.1, 0.15) is 11.9 Å². The first-order chi connectivity index (χ1) is 8.74. The van der Waals surface area contributed by atoms with Crippen LogP contribution in [-0.4, -0.2) is 35.1 Å². The summed E-state index contributed by atoms with van der Waals surface area (Å²) in [6.07, 6.45) is 4.70. The summed E-state index contributed by atoms with van der Waals surface area (Å²) in [7, 11) is 2.22. The molecule has 0 amide bonds. The van der Waals surface area contributed by atoms with Gasteiger partial charge in [0.05, 0.1) is 6.04 Å². The highest BCUT2D eigenvalue weighted by atomic mass is 16.5. The van der Waals surface area contributed by atoms with Crippen LogP contribution in [0.15, 0.2) is 24.4 Å². The van der Waals surface area contributed by atoms with Crippen molar-refractivity contribution < 1.29 is 4.74 Å². The van der Waals surface area contributed by atoms with Crippen molar-refractivity contribution >= 4 is 10.9 Å². The molecule has 18 heavy (non-hydrogen) atoms. The van der Waals surface area contributed by atoms with Gasteiger partial charge in [-0.1, -0.05) is 6.07 Å². The Morgan fingerprint density at radius 3 is 3.17 bits per heavy atom. The molecule has 1 saturated heterocycles. The van der Waals surface area contributed by atoms with Gasteiger partial charge >= 0.3 is 0 Å². The van der Waals surface area contributed by atoms with Gasteiger partial charge in [0.15, 0.2) is 0 Å². The molecule has 0 bridgehead atoms. The van der Waals surface area contributed by atoms with Crippen LogP contribution in [0.3, 0.4) is 0 Å². The molecule has 94 valence electrons. The van der Waals surface area contributed by atoms with Gasteiger partial charge in [-0.05, 0) is 38.1 Å². The number of benzene rings is 1. The van der Waals surface area contributed by atoms with E-state index < -0.39 is 0 Å². The molecule has 0 radical (unpaired) electrons. The smallest absolute Gasteiger partial charge is 0.129 e. The summed E-state index contributed by atoms with van der Waals surface area (Å²) in [6, 6.07) is 7.41. The number of likely N-dealkylation sites (tertiary alicyclic amines) is 1. The van der Waals surface area contributed by atoms with Crippen molar-refractivity contribution in [3.8, 4) is 5.75 Å². The zero-order valence-corrected chi connectivity index (χ0v) is 10.8. The molecule has 1 aromatic carbocycles. The Morgan fingerprint density at radius 2 is 2.28 bits per heavy atom. The first kappa shape index (κ1) is 10.4. The fourth-order valence-electron chi connectivity index (χ4n) is 3.52. The molecule has 3 heteroatoms. The van der Waals surface area contributed by atoms with E-state index in [2.05, 4.69) is 48.3 Å². The second-order valence-corrected chi connectivity index (χ2v) is 5.67. The molecular formula is C15H18N2O. The van der Waals surface area contributed by atoms with Gasteiger partial charge in [-0.15, -0.1) is 0 Å². The van der Waals surface area contributed by atoms with Crippen molar-refractivity contribution in [2.45, 2.75) is 38.0 Å². The van der Waals surface area contributed by atoms with E-state index in [0.717, 1.165) is 18.6 Å². The highest BCUT2D eigenvalue weighted by molar-refractivity contribution is 5.89. The van der Waals surface area contributed by atoms with Gasteiger partial charge in [-0.25, -0.2) is 0 Å². The fourth-order valence-corrected chi connectivity index (χ4v) is 3.52. The second-order valence-electron chi connectivity index (χ2n) is 5.67. The Hall–Kier alpha value is -1.48. The van der Waals surface area contributed by atoms with Crippen LogP contribution >= 0.6 is 0 Å². The molecule has 4 rings (SSSR count). The van der Waals surface area contributed by atoms with Crippen LogP contribution < -0.4 is 4.74 Å². The maximum Gasteiger partial charge on any atom is 0.129 e. The Kier molecular flexibility index (Phi) is 2.04. The number of rotatable bonds is 0. The predicted molar refractivity (Wildman–Crippen MR) is 72.0 cm³/mol. The van der Waals surface area contributed by atoms with E-state index in [9.17, 15) is 0 Å². The number of hydrogen-bond donors (Lipinski definition) is 1. The molecule has 2 aliphatic heterocycles. The predicted octanol–water partition coefficient (Wildman–Crippen LogP) is 2.56. The molecule has 0 aliphatic carbocycles. The van der Waals surface area contributed by atoms with Crippen LogP contribution in [0.25, 0.3) is 10.9 Å². The summed E-state index contributed by atoms with van der Waals surface area (Å²) in [5.74, 6) is 1.05. The van der Waals surface area contributed by atoms with Crippen LogP contribution in [-0.2, 0) is 6.42 Å². The number of nitrogens with zero attached hydrogens (tertiary/aromatic N) is 1. The van der Waals surface area contributed by atoms with Gasteiger partial charge in [0, 0.05) is 29.6 Å². The summed E-state index contributed by atoms with van der Waals surface area (Å²) >= 11 is 0. The van der Waals surface area contributed by atoms with Crippen LogP contribution in [0.2, 0.25) is 0 Å². The Labute approximate surface area is 107 Å². The maximum atomic E-state index is 6.29. The van der Waals surface area contributed by atoms with E-state index >= 15 is 0 Å². The molecule has 1 N–H and O–H groups in total. The number of likely N-dealkylation sites (N-methyl/N-ethyl adjacent to an activating group) is 1. The second kappa shape index (κ2) is 3.51. The van der Waals surface area contributed by atoms with Gasteiger partial charge in [0.25, 0.3) is 0 Å². The average molecular weight is 242 g/mol. The standard InChI is InChI=1S/C15H18N2O/c1-9-6-14-12(17(9)2)7-10-8-16-11-4-3-5-13(18-14)15(10)11/h3-5,8-9,12,14,16H,6-7H2,1-2H3/t9-,12?,14?/m1/s1. The number of aromatic amines is 1. The SMILES string of the molecule is C[C@@H]1CC2Oc3cccc4[nH]cc(c34)CC2N1C. The van der Waals surface area contributed by atoms with Gasteiger partial charge < -0.3 is 9.72 Å². The van der Waals surface area contributed by atoms with Crippen LogP contribution in [0.4, 0.5) is 0 Å². The van der Waals surface area contributed by atoms with Crippen molar-refractivity contribution in [1.29, 1.82) is 0 Å². The number of ether oxygens (including phenoxy) is 1. The summed E-state index contributed by atoms with van der Waals surface area (Å²) in [6.45, 7) is 2.29. The third-order valence-corrected chi connectivity index (χ3v) is 4.68. The molecule has 3 heterocycles. The molecule has 2 aliphatic rings. The number of fused-ring (bicyclic) bond motifs is 1. The minimum Gasteiger partial charge on any atom is -0.488 e. The van der Waals surface area contributed by atoms with Crippen LogP contribution in [0.5, 0.6) is 5.75 Å². The molecular weight excluding hydrogens is 224 g/mol. The summed E-state index contributed by atoms with van der Waals surface area (Å²) in [5, 5.41) is 1.29. The summed E-state index contributed by atoms with van der Waals surface area (Å²) in [4.78, 5) is 5.82. The number of aromatic nitrogens is 1. The Balaban J connectivity index is 1.87. The quantitative estimate of drug-likeness (QED) is 0.769. The lowest BCUT2D eigenvalue weighted by Crippen LogP contribution is -2.37. The van der Waals surface area contributed by atoms with Crippen molar-refractivity contribution in [3.63, 3.8) is 0 Å². The fraction of sp³-hybridized carbons (Fsp3) is 0.467. The highest BCUT2D eigenvalue weighted by Gasteiger charge is 2.40. The van der Waals surface area contributed by atoms with Crippen molar-refractivity contribution in [3.05, 3.63) is 30.0 Å². The number of H-pyrrole nitrogens is 1. The molecule has 2 aromatic rings. The summed E-state index contributed by atoms with van der Waals surface area (Å²) < 4.78 is 6.29. The number of nitrogens with one attached hydrogen (secondary N) is 1. The van der Waals surface area contributed by atoms with E-state index in [-0.39, 0.29) is 0 Å². The first-order valence-corrected chi connectivity index (χ1v) is 6.71. The third kappa shape index (κ3) is 1.28. The van der Waals surface area contributed by atoms with Crippen molar-refractivity contribution in [1.82, 2.24) is 9.88 Å². The molecule has 2 unspecified atom stereocenters. The lowest BCUT2D eigenvalue weighted by Gasteiger charge is -2.24. The lowest BCUT2D eigenvalue weighted by atomic mass is 10.0. The van der Waals surface area contributed by atoms with Gasteiger partial charge in [0.2, 0.25) is 0 Å². The van der Waals surface area contributed by atoms with E-state index in [1.165, 1.54) is 16.5 Å². The average Bonchev–Trinajstić information content (AvgIpc) is 2.82. The maximum absolute atomic E-state index is 6.29. The molecule has 3 atom stereocenters. The van der Waals surface area contributed by atoms with Crippen LogP contribution in [0, 0.1) is 0 Å². The van der Waals surface area contributed by atoms with E-state index in [0.29, 0.717) is 18.2 Å². The van der Waals surface area contributed by atoms with Crippen LogP contribution in [0.1, 0.15) is 18.9 Å². The lowest BCUT2D eigenvalue weighted by molar-refractivity contribution is 0.150. The third-order valence-electron chi connectivity index (χ3n) is 4.68. The molecule has 0 spiro atoms. The van der Waals surface area contributed by atoms with E-state index in [1.807, 2.05) is 0 Å². The monoisotopic (exact) mass is 242 g/mol. The highest BCUT2D eigenvalue weighted by Crippen LogP contribution is 2.38. The minimum absolute atomic E-state index is 0.336. The topological polar surface area (TPSA) is 28.3 Å². The Bertz CT molecular complexity index is 604. The first-order valence-electron chi connectivity index (χ1n) is 6.71. The largest absolute Gasteiger partial charge is 0.488 e. The zero-order valence-electron chi connectivity index (χ0n) is 10.8. The molecule has 1 aromatic heterocycles. The normalized spacial score (nSPS) is 31.1. The summed E-state index contributed by atoms with van der Waals surface area (Å²) in [5.41, 5.74) is 2.59.